The van der Waals surface area contributed by atoms with Gasteiger partial charge in [-0.25, -0.2) is 9.97 Å². The molecule has 4 rings (SSSR count). The lowest BCUT2D eigenvalue weighted by molar-refractivity contribution is 0.143. The van der Waals surface area contributed by atoms with Crippen molar-refractivity contribution in [1.82, 2.24) is 19.5 Å². The van der Waals surface area contributed by atoms with Crippen LogP contribution in [0.4, 0.5) is 5.95 Å². The molecule has 6 nitrogen and oxygen atoms in total. The molecule has 0 radical (unpaired) electrons. The van der Waals surface area contributed by atoms with Crippen molar-refractivity contribution in [2.24, 2.45) is 0 Å². The van der Waals surface area contributed by atoms with Crippen LogP contribution in [0.25, 0.3) is 16.9 Å². The lowest BCUT2D eigenvalue weighted by atomic mass is 10.1. The summed E-state index contributed by atoms with van der Waals surface area (Å²) >= 11 is 0. The quantitative estimate of drug-likeness (QED) is 0.703. The predicted molar refractivity (Wildman–Crippen MR) is 96.2 cm³/mol. The summed E-state index contributed by atoms with van der Waals surface area (Å²) in [6.45, 7) is 3.33. The Morgan fingerprint density at radius 2 is 2.04 bits per heavy atom. The van der Waals surface area contributed by atoms with Crippen molar-refractivity contribution in [1.29, 1.82) is 0 Å². The first-order valence-electron chi connectivity index (χ1n) is 8.27. The van der Waals surface area contributed by atoms with E-state index in [1.165, 1.54) is 0 Å². The zero-order chi connectivity index (χ0) is 17.6. The van der Waals surface area contributed by atoms with Crippen molar-refractivity contribution < 1.29 is 5.11 Å². The van der Waals surface area contributed by atoms with E-state index in [4.69, 9.17) is 10.7 Å². The molecule has 6 heteroatoms. The average Bonchev–Trinajstić information content (AvgIpc) is 3.32. The van der Waals surface area contributed by atoms with Gasteiger partial charge in [-0.15, -0.1) is 0 Å². The molecule has 126 valence electrons. The van der Waals surface area contributed by atoms with Gasteiger partial charge in [0.25, 0.3) is 0 Å². The summed E-state index contributed by atoms with van der Waals surface area (Å²) in [5, 5.41) is 9.82. The molecule has 2 heterocycles. The third kappa shape index (κ3) is 3.19. The molecule has 0 amide bonds. The molecular weight excluding hydrogens is 314 g/mol. The number of benzene rings is 1. The summed E-state index contributed by atoms with van der Waals surface area (Å²) in [5.41, 5.74) is 7.39. The minimum absolute atomic E-state index is 0.235. The normalized spacial score (nSPS) is 14.4. The highest BCUT2D eigenvalue weighted by Gasteiger charge is 2.30. The van der Waals surface area contributed by atoms with Gasteiger partial charge >= 0.3 is 0 Å². The zero-order valence-electron chi connectivity index (χ0n) is 14.2. The molecule has 2 aromatic heterocycles. The second kappa shape index (κ2) is 5.57. The Morgan fingerprint density at radius 1 is 1.24 bits per heavy atom. The zero-order valence-corrected chi connectivity index (χ0v) is 14.2. The van der Waals surface area contributed by atoms with Crippen molar-refractivity contribution in [2.75, 3.05) is 5.73 Å². The average molecular weight is 333 g/mol. The van der Waals surface area contributed by atoms with Crippen LogP contribution in [-0.4, -0.2) is 30.2 Å². The van der Waals surface area contributed by atoms with Crippen molar-refractivity contribution >= 4 is 17.0 Å². The molecule has 3 N–H and O–H groups in total. The highest BCUT2D eigenvalue weighted by molar-refractivity contribution is 5.80. The molecular formula is C19H19N5O. The number of rotatable bonds is 2. The topological polar surface area (TPSA) is 89.9 Å². The molecule has 0 atom stereocenters. The molecule has 0 spiro atoms. The van der Waals surface area contributed by atoms with E-state index < -0.39 is 5.60 Å². The maximum atomic E-state index is 9.82. The Balaban J connectivity index is 1.91. The Morgan fingerprint density at radius 3 is 2.72 bits per heavy atom. The number of anilines is 1. The molecule has 3 aromatic rings. The van der Waals surface area contributed by atoms with Gasteiger partial charge in [0.05, 0.1) is 11.0 Å². The molecule has 1 aromatic carbocycles. The number of nitrogen functional groups attached to an aromatic ring is 1. The molecule has 0 bridgehead atoms. The van der Waals surface area contributed by atoms with Gasteiger partial charge in [-0.3, -0.25) is 4.57 Å². The van der Waals surface area contributed by atoms with E-state index in [1.54, 1.807) is 20.0 Å². The van der Waals surface area contributed by atoms with E-state index in [1.807, 2.05) is 28.8 Å². The first-order valence-corrected chi connectivity index (χ1v) is 8.27. The number of aliphatic hydroxyl groups is 1. The summed E-state index contributed by atoms with van der Waals surface area (Å²) in [4.78, 5) is 13.1. The molecule has 1 saturated carbocycles. The van der Waals surface area contributed by atoms with Gasteiger partial charge in [0.2, 0.25) is 5.95 Å². The number of nitrogens with zero attached hydrogens (tertiary/aromatic N) is 4. The Labute approximate surface area is 145 Å². The molecule has 25 heavy (non-hydrogen) atoms. The van der Waals surface area contributed by atoms with Gasteiger partial charge in [-0.1, -0.05) is 11.8 Å². The summed E-state index contributed by atoms with van der Waals surface area (Å²) in [6.07, 6.45) is 3.92. The summed E-state index contributed by atoms with van der Waals surface area (Å²) in [5.74, 6) is 8.27. The molecule has 1 aliphatic carbocycles. The Hall–Kier alpha value is -2.91. The maximum absolute atomic E-state index is 9.82. The van der Waals surface area contributed by atoms with Crippen LogP contribution in [0.5, 0.6) is 0 Å². The van der Waals surface area contributed by atoms with E-state index in [2.05, 4.69) is 21.8 Å². The van der Waals surface area contributed by atoms with Crippen LogP contribution >= 0.6 is 0 Å². The van der Waals surface area contributed by atoms with Crippen LogP contribution < -0.4 is 5.73 Å². The minimum atomic E-state index is -1.03. The van der Waals surface area contributed by atoms with Gasteiger partial charge in [0.1, 0.15) is 17.2 Å². The molecule has 1 fully saturated rings. The second-order valence-electron chi connectivity index (χ2n) is 6.87. The van der Waals surface area contributed by atoms with E-state index in [-0.39, 0.29) is 5.95 Å². The SMILES string of the molecule is CC(C)(O)C#Cc1ccc2nc(C3CC3)n(-c3ccnc(N)n3)c2c1. The molecule has 1 aliphatic rings. The lowest BCUT2D eigenvalue weighted by Gasteiger charge is -2.08. The smallest absolute Gasteiger partial charge is 0.221 e. The van der Waals surface area contributed by atoms with Crippen LogP contribution in [-0.2, 0) is 0 Å². The minimum Gasteiger partial charge on any atom is -0.378 e. The lowest BCUT2D eigenvalue weighted by Crippen LogP contribution is -2.14. The first-order chi connectivity index (χ1) is 11.9. The van der Waals surface area contributed by atoms with Crippen LogP contribution in [0.1, 0.15) is 44.0 Å². The summed E-state index contributed by atoms with van der Waals surface area (Å²) in [6, 6.07) is 7.68. The fraction of sp³-hybridized carbons (Fsp3) is 0.316. The van der Waals surface area contributed by atoms with Crippen LogP contribution in [0, 0.1) is 11.8 Å². The fourth-order valence-corrected chi connectivity index (χ4v) is 2.74. The van der Waals surface area contributed by atoms with Crippen molar-refractivity contribution in [3.8, 4) is 17.7 Å². The van der Waals surface area contributed by atoms with Crippen molar-refractivity contribution in [3.05, 3.63) is 41.9 Å². The number of aromatic nitrogens is 4. The first kappa shape index (κ1) is 15.6. The number of hydrogen-bond donors (Lipinski definition) is 2. The summed E-state index contributed by atoms with van der Waals surface area (Å²) < 4.78 is 2.04. The third-order valence-electron chi connectivity index (χ3n) is 4.02. The van der Waals surface area contributed by atoms with Gasteiger partial charge in [-0.2, -0.15) is 4.98 Å². The van der Waals surface area contributed by atoms with Crippen LogP contribution in [0.15, 0.2) is 30.5 Å². The standard InChI is InChI=1S/C19H19N5O/c1-19(2,25)9-7-12-3-6-14-15(11-12)24(17(22-14)13-4-5-13)16-8-10-21-18(20)23-16/h3,6,8,10-11,13,25H,4-5H2,1-2H3,(H2,20,21,23). The second-order valence-corrected chi connectivity index (χ2v) is 6.87. The van der Waals surface area contributed by atoms with Crippen molar-refractivity contribution in [3.63, 3.8) is 0 Å². The fourth-order valence-electron chi connectivity index (χ4n) is 2.74. The summed E-state index contributed by atoms with van der Waals surface area (Å²) in [7, 11) is 0. The maximum Gasteiger partial charge on any atom is 0.221 e. The van der Waals surface area contributed by atoms with E-state index in [0.717, 1.165) is 35.3 Å². The van der Waals surface area contributed by atoms with Gasteiger partial charge in [0, 0.05) is 17.7 Å². The Kier molecular flexibility index (Phi) is 3.48. The molecule has 0 aliphatic heterocycles. The van der Waals surface area contributed by atoms with Gasteiger partial charge in [0.15, 0.2) is 0 Å². The molecule has 0 unspecified atom stereocenters. The highest BCUT2D eigenvalue weighted by atomic mass is 16.3. The largest absolute Gasteiger partial charge is 0.378 e. The predicted octanol–water partition coefficient (Wildman–Crippen LogP) is 2.40. The Bertz CT molecular complexity index is 1020. The third-order valence-corrected chi connectivity index (χ3v) is 4.02. The highest BCUT2D eigenvalue weighted by Crippen LogP contribution is 2.41. The number of nitrogens with two attached hydrogens (primary N) is 1. The van der Waals surface area contributed by atoms with Crippen LogP contribution in [0.3, 0.4) is 0 Å². The monoisotopic (exact) mass is 333 g/mol. The number of imidazole rings is 1. The van der Waals surface area contributed by atoms with Crippen LogP contribution in [0.2, 0.25) is 0 Å². The van der Waals surface area contributed by atoms with Gasteiger partial charge < -0.3 is 10.8 Å². The van der Waals surface area contributed by atoms with E-state index >= 15 is 0 Å². The number of hydrogen-bond acceptors (Lipinski definition) is 5. The van der Waals surface area contributed by atoms with Gasteiger partial charge in [-0.05, 0) is 51.0 Å². The van der Waals surface area contributed by atoms with E-state index in [9.17, 15) is 5.11 Å². The molecule has 0 saturated heterocycles. The van der Waals surface area contributed by atoms with E-state index in [0.29, 0.717) is 11.7 Å². The van der Waals surface area contributed by atoms with Crippen molar-refractivity contribution in [2.45, 2.75) is 38.2 Å². The number of fused-ring (bicyclic) bond motifs is 1.